The number of hydrogen-bond donors (Lipinski definition) is 1. The Balaban J connectivity index is 2.74. The standard InChI is InChI=1S/C9H12N4/c1-6(10)8-12-7-4-3-5-11-9(7)13(8)2/h3-6H,10H2,1-2H3/t6-/m0/s1. The van der Waals surface area contributed by atoms with Gasteiger partial charge in [0, 0.05) is 13.2 Å². The largest absolute Gasteiger partial charge is 0.322 e. The second kappa shape index (κ2) is 2.81. The van der Waals surface area contributed by atoms with E-state index in [9.17, 15) is 0 Å². The molecule has 0 spiro atoms. The van der Waals surface area contributed by atoms with E-state index in [2.05, 4.69) is 9.97 Å². The van der Waals surface area contributed by atoms with Crippen LogP contribution in [0.25, 0.3) is 11.2 Å². The maximum Gasteiger partial charge on any atom is 0.159 e. The first-order chi connectivity index (χ1) is 6.20. The van der Waals surface area contributed by atoms with Crippen molar-refractivity contribution in [1.82, 2.24) is 14.5 Å². The third-order valence-corrected chi connectivity index (χ3v) is 2.07. The molecule has 0 amide bonds. The van der Waals surface area contributed by atoms with Crippen molar-refractivity contribution in [3.05, 3.63) is 24.2 Å². The molecule has 0 aliphatic heterocycles. The van der Waals surface area contributed by atoms with Crippen molar-refractivity contribution in [2.24, 2.45) is 12.8 Å². The highest BCUT2D eigenvalue weighted by Gasteiger charge is 2.10. The summed E-state index contributed by atoms with van der Waals surface area (Å²) in [6.45, 7) is 1.92. The third-order valence-electron chi connectivity index (χ3n) is 2.07. The number of aryl methyl sites for hydroxylation is 1. The van der Waals surface area contributed by atoms with Crippen molar-refractivity contribution in [1.29, 1.82) is 0 Å². The van der Waals surface area contributed by atoms with E-state index in [1.165, 1.54) is 0 Å². The van der Waals surface area contributed by atoms with Crippen LogP contribution in [-0.4, -0.2) is 14.5 Å². The van der Waals surface area contributed by atoms with Crippen LogP contribution in [0.1, 0.15) is 18.8 Å². The molecular formula is C9H12N4. The Kier molecular flexibility index (Phi) is 1.77. The van der Waals surface area contributed by atoms with Crippen LogP contribution in [-0.2, 0) is 7.05 Å². The Morgan fingerprint density at radius 1 is 1.54 bits per heavy atom. The van der Waals surface area contributed by atoms with Gasteiger partial charge in [0.05, 0.1) is 6.04 Å². The maximum atomic E-state index is 5.77. The van der Waals surface area contributed by atoms with Gasteiger partial charge in [0.2, 0.25) is 0 Å². The lowest BCUT2D eigenvalue weighted by molar-refractivity contribution is 0.693. The van der Waals surface area contributed by atoms with Crippen LogP contribution >= 0.6 is 0 Å². The predicted molar refractivity (Wildman–Crippen MR) is 51.1 cm³/mol. The summed E-state index contributed by atoms with van der Waals surface area (Å²) >= 11 is 0. The van der Waals surface area contributed by atoms with E-state index in [-0.39, 0.29) is 6.04 Å². The molecule has 1 atom stereocenters. The number of aromatic nitrogens is 3. The molecule has 0 fully saturated rings. The van der Waals surface area contributed by atoms with Gasteiger partial charge in [-0.25, -0.2) is 9.97 Å². The van der Waals surface area contributed by atoms with Crippen molar-refractivity contribution in [2.45, 2.75) is 13.0 Å². The Hall–Kier alpha value is -1.42. The lowest BCUT2D eigenvalue weighted by atomic mass is 10.3. The fourth-order valence-electron chi connectivity index (χ4n) is 1.45. The van der Waals surface area contributed by atoms with Gasteiger partial charge in [-0.3, -0.25) is 0 Å². The highest BCUT2D eigenvalue weighted by molar-refractivity contribution is 5.71. The van der Waals surface area contributed by atoms with Gasteiger partial charge in [0.1, 0.15) is 11.3 Å². The molecule has 0 saturated heterocycles. The number of hydrogen-bond acceptors (Lipinski definition) is 3. The first kappa shape index (κ1) is 8.19. The molecule has 0 aromatic carbocycles. The average Bonchev–Trinajstić information content (AvgIpc) is 2.45. The summed E-state index contributed by atoms with van der Waals surface area (Å²) in [5.74, 6) is 0.869. The summed E-state index contributed by atoms with van der Waals surface area (Å²) in [6.07, 6.45) is 1.76. The quantitative estimate of drug-likeness (QED) is 0.704. The summed E-state index contributed by atoms with van der Waals surface area (Å²) in [5.41, 5.74) is 7.55. The molecule has 0 aliphatic rings. The number of fused-ring (bicyclic) bond motifs is 1. The normalized spacial score (nSPS) is 13.5. The molecule has 0 unspecified atom stereocenters. The zero-order valence-corrected chi connectivity index (χ0v) is 7.73. The van der Waals surface area contributed by atoms with Gasteiger partial charge in [-0.2, -0.15) is 0 Å². The van der Waals surface area contributed by atoms with Gasteiger partial charge in [0.15, 0.2) is 5.65 Å². The minimum Gasteiger partial charge on any atom is -0.322 e. The Morgan fingerprint density at radius 3 is 2.92 bits per heavy atom. The van der Waals surface area contributed by atoms with E-state index >= 15 is 0 Å². The molecule has 68 valence electrons. The Bertz CT molecular complexity index is 430. The molecule has 2 heterocycles. The lowest BCUT2D eigenvalue weighted by Gasteiger charge is -2.03. The van der Waals surface area contributed by atoms with Gasteiger partial charge in [-0.15, -0.1) is 0 Å². The fourth-order valence-corrected chi connectivity index (χ4v) is 1.45. The van der Waals surface area contributed by atoms with E-state index in [4.69, 9.17) is 5.73 Å². The third kappa shape index (κ3) is 1.19. The van der Waals surface area contributed by atoms with Crippen LogP contribution in [0.3, 0.4) is 0 Å². The van der Waals surface area contributed by atoms with E-state index < -0.39 is 0 Å². The first-order valence-electron chi connectivity index (χ1n) is 4.23. The smallest absolute Gasteiger partial charge is 0.159 e. The average molecular weight is 176 g/mol. The first-order valence-corrected chi connectivity index (χ1v) is 4.23. The van der Waals surface area contributed by atoms with Crippen LogP contribution in [0.15, 0.2) is 18.3 Å². The second-order valence-electron chi connectivity index (χ2n) is 3.16. The molecule has 2 aromatic rings. The Labute approximate surface area is 76.4 Å². The Morgan fingerprint density at radius 2 is 2.31 bits per heavy atom. The summed E-state index contributed by atoms with van der Waals surface area (Å²) in [7, 11) is 1.93. The van der Waals surface area contributed by atoms with Gasteiger partial charge >= 0.3 is 0 Å². The highest BCUT2D eigenvalue weighted by Crippen LogP contribution is 2.15. The van der Waals surface area contributed by atoms with Crippen molar-refractivity contribution in [3.63, 3.8) is 0 Å². The van der Waals surface area contributed by atoms with E-state index in [1.54, 1.807) is 6.20 Å². The monoisotopic (exact) mass is 176 g/mol. The molecule has 4 heteroatoms. The van der Waals surface area contributed by atoms with Gasteiger partial charge in [-0.05, 0) is 19.1 Å². The zero-order valence-electron chi connectivity index (χ0n) is 7.73. The molecule has 4 nitrogen and oxygen atoms in total. The second-order valence-corrected chi connectivity index (χ2v) is 3.16. The molecular weight excluding hydrogens is 164 g/mol. The van der Waals surface area contributed by atoms with Crippen molar-refractivity contribution in [3.8, 4) is 0 Å². The summed E-state index contributed by atoms with van der Waals surface area (Å²) in [6, 6.07) is 3.76. The van der Waals surface area contributed by atoms with Crippen LogP contribution in [0.5, 0.6) is 0 Å². The predicted octanol–water partition coefficient (Wildman–Crippen LogP) is 0.988. The van der Waals surface area contributed by atoms with Gasteiger partial charge in [0.25, 0.3) is 0 Å². The number of imidazole rings is 1. The molecule has 0 bridgehead atoms. The molecule has 2 aromatic heterocycles. The van der Waals surface area contributed by atoms with Gasteiger partial charge < -0.3 is 10.3 Å². The molecule has 0 aliphatic carbocycles. The minimum atomic E-state index is -0.0563. The van der Waals surface area contributed by atoms with Gasteiger partial charge in [-0.1, -0.05) is 0 Å². The molecule has 0 saturated carbocycles. The van der Waals surface area contributed by atoms with Crippen LogP contribution in [0.4, 0.5) is 0 Å². The molecule has 0 radical (unpaired) electrons. The van der Waals surface area contributed by atoms with Crippen LogP contribution < -0.4 is 5.73 Å². The summed E-state index contributed by atoms with van der Waals surface area (Å²) in [4.78, 5) is 8.62. The number of rotatable bonds is 1. The summed E-state index contributed by atoms with van der Waals surface area (Å²) in [5, 5.41) is 0. The van der Waals surface area contributed by atoms with E-state index in [1.807, 2.05) is 30.7 Å². The molecule has 13 heavy (non-hydrogen) atoms. The maximum absolute atomic E-state index is 5.77. The van der Waals surface area contributed by atoms with Crippen molar-refractivity contribution >= 4 is 11.2 Å². The molecule has 2 N–H and O–H groups in total. The van der Waals surface area contributed by atoms with Crippen LogP contribution in [0.2, 0.25) is 0 Å². The van der Waals surface area contributed by atoms with Crippen molar-refractivity contribution in [2.75, 3.05) is 0 Å². The highest BCUT2D eigenvalue weighted by atomic mass is 15.1. The van der Waals surface area contributed by atoms with E-state index in [0.29, 0.717) is 0 Å². The number of nitrogens with two attached hydrogens (primary N) is 1. The number of nitrogens with zero attached hydrogens (tertiary/aromatic N) is 3. The lowest BCUT2D eigenvalue weighted by Crippen LogP contribution is -2.11. The van der Waals surface area contributed by atoms with Crippen molar-refractivity contribution < 1.29 is 0 Å². The zero-order chi connectivity index (χ0) is 9.42. The van der Waals surface area contributed by atoms with E-state index in [0.717, 1.165) is 17.0 Å². The number of pyridine rings is 1. The topological polar surface area (TPSA) is 56.7 Å². The van der Waals surface area contributed by atoms with Crippen LogP contribution in [0, 0.1) is 0 Å². The fraction of sp³-hybridized carbons (Fsp3) is 0.333. The minimum absolute atomic E-state index is 0.0563. The molecule has 2 rings (SSSR count). The SMILES string of the molecule is C[C@H](N)c1nc2cccnc2n1C. The summed E-state index contributed by atoms with van der Waals surface area (Å²) < 4.78 is 1.93.